The van der Waals surface area contributed by atoms with E-state index in [0.29, 0.717) is 5.66 Å². The molecule has 0 heterocycles. The van der Waals surface area contributed by atoms with E-state index in [1.807, 2.05) is 6.07 Å². The van der Waals surface area contributed by atoms with Crippen LogP contribution in [0.4, 0.5) is 0 Å². The Morgan fingerprint density at radius 1 is 1.22 bits per heavy atom. The van der Waals surface area contributed by atoms with E-state index < -0.39 is 0 Å². The van der Waals surface area contributed by atoms with Crippen molar-refractivity contribution in [3.05, 3.63) is 35.9 Å². The van der Waals surface area contributed by atoms with Gasteiger partial charge >= 0.3 is 0 Å². The van der Waals surface area contributed by atoms with Crippen molar-refractivity contribution in [1.82, 2.24) is 0 Å². The quantitative estimate of drug-likeness (QED) is 0.523. The van der Waals surface area contributed by atoms with Crippen molar-refractivity contribution in [2.45, 2.75) is 12.6 Å². The highest BCUT2D eigenvalue weighted by atomic mass is 31.0. The van der Waals surface area contributed by atoms with Crippen LogP contribution in [0.1, 0.15) is 18.1 Å². The first kappa shape index (κ1) is 6.77. The molecule has 0 spiro atoms. The molecule has 1 heteroatoms. The molecular weight excluding hydrogens is 127 g/mol. The van der Waals surface area contributed by atoms with Gasteiger partial charge < -0.3 is 0 Å². The second-order valence-electron chi connectivity index (χ2n) is 2.20. The fourth-order valence-corrected chi connectivity index (χ4v) is 0.979. The van der Waals surface area contributed by atoms with E-state index in [0.717, 1.165) is 0 Å². The fraction of sp³-hybridized carbons (Fsp3) is 0.250. The third-order valence-corrected chi connectivity index (χ3v) is 1.71. The van der Waals surface area contributed by atoms with Gasteiger partial charge in [0.25, 0.3) is 0 Å². The van der Waals surface area contributed by atoms with E-state index in [1.54, 1.807) is 0 Å². The van der Waals surface area contributed by atoms with Crippen LogP contribution in [-0.4, -0.2) is 0 Å². The first-order valence-corrected chi connectivity index (χ1v) is 3.78. The summed E-state index contributed by atoms with van der Waals surface area (Å²) in [6.45, 7) is 2.17. The van der Waals surface area contributed by atoms with Crippen molar-refractivity contribution in [2.24, 2.45) is 0 Å². The molecule has 0 aliphatic carbocycles. The monoisotopic (exact) mass is 138 g/mol. The summed E-state index contributed by atoms with van der Waals surface area (Å²) in [7, 11) is 2.77. The first-order chi connectivity index (χ1) is 4.30. The molecule has 1 aromatic carbocycles. The van der Waals surface area contributed by atoms with Crippen molar-refractivity contribution in [3.8, 4) is 0 Å². The molecule has 0 N–H and O–H groups in total. The van der Waals surface area contributed by atoms with Crippen LogP contribution in [-0.2, 0) is 0 Å². The lowest BCUT2D eigenvalue weighted by Crippen LogP contribution is -1.79. The van der Waals surface area contributed by atoms with Crippen molar-refractivity contribution in [2.75, 3.05) is 0 Å². The molecule has 0 radical (unpaired) electrons. The average molecular weight is 138 g/mol. The summed E-state index contributed by atoms with van der Waals surface area (Å²) in [5, 5.41) is 0. The molecule has 0 amide bonds. The Morgan fingerprint density at radius 2 is 1.78 bits per heavy atom. The number of benzene rings is 1. The first-order valence-electron chi connectivity index (χ1n) is 3.11. The van der Waals surface area contributed by atoms with E-state index in [-0.39, 0.29) is 0 Å². The Kier molecular flexibility index (Phi) is 2.24. The van der Waals surface area contributed by atoms with Crippen LogP contribution >= 0.6 is 9.24 Å². The zero-order valence-corrected chi connectivity index (χ0v) is 6.70. The molecule has 1 aromatic rings. The third kappa shape index (κ3) is 1.80. The van der Waals surface area contributed by atoms with Crippen molar-refractivity contribution in [3.63, 3.8) is 0 Å². The second kappa shape index (κ2) is 2.98. The predicted molar refractivity (Wildman–Crippen MR) is 44.6 cm³/mol. The SMILES string of the molecule is C[C@@H](P)c1ccccc1. The Labute approximate surface area is 58.5 Å². The maximum Gasteiger partial charge on any atom is -0.00428 e. The van der Waals surface area contributed by atoms with Gasteiger partial charge in [0.2, 0.25) is 0 Å². The molecule has 0 fully saturated rings. The molecule has 0 aliphatic rings. The zero-order chi connectivity index (χ0) is 6.69. The van der Waals surface area contributed by atoms with Crippen molar-refractivity contribution >= 4 is 9.24 Å². The lowest BCUT2D eigenvalue weighted by atomic mass is 10.2. The van der Waals surface area contributed by atoms with E-state index in [4.69, 9.17) is 0 Å². The van der Waals surface area contributed by atoms with Crippen molar-refractivity contribution < 1.29 is 0 Å². The maximum atomic E-state index is 2.77. The minimum absolute atomic E-state index is 0.575. The summed E-state index contributed by atoms with van der Waals surface area (Å²) >= 11 is 0. The minimum Gasteiger partial charge on any atom is -0.130 e. The molecule has 9 heavy (non-hydrogen) atoms. The van der Waals surface area contributed by atoms with Crippen LogP contribution < -0.4 is 0 Å². The van der Waals surface area contributed by atoms with Crippen LogP contribution in [0.25, 0.3) is 0 Å². The molecular formula is C8H11P. The molecule has 0 nitrogen and oxygen atoms in total. The minimum atomic E-state index is 0.575. The molecule has 0 saturated carbocycles. The molecule has 0 aromatic heterocycles. The fourth-order valence-electron chi connectivity index (χ4n) is 0.757. The molecule has 2 atom stereocenters. The molecule has 0 saturated heterocycles. The van der Waals surface area contributed by atoms with E-state index in [9.17, 15) is 0 Å². The van der Waals surface area contributed by atoms with Crippen LogP contribution in [0, 0.1) is 0 Å². The maximum absolute atomic E-state index is 2.77. The summed E-state index contributed by atoms with van der Waals surface area (Å²) in [6, 6.07) is 10.4. The van der Waals surface area contributed by atoms with Gasteiger partial charge in [-0.1, -0.05) is 37.3 Å². The number of hydrogen-bond acceptors (Lipinski definition) is 0. The lowest BCUT2D eigenvalue weighted by Gasteiger charge is -2.01. The second-order valence-corrected chi connectivity index (χ2v) is 3.20. The Bertz CT molecular complexity index is 167. The summed E-state index contributed by atoms with van der Waals surface area (Å²) in [4.78, 5) is 0. The number of rotatable bonds is 1. The molecule has 48 valence electrons. The summed E-state index contributed by atoms with van der Waals surface area (Å²) in [5.74, 6) is 0. The summed E-state index contributed by atoms with van der Waals surface area (Å²) < 4.78 is 0. The van der Waals surface area contributed by atoms with E-state index >= 15 is 0 Å². The molecule has 1 unspecified atom stereocenters. The third-order valence-electron chi connectivity index (χ3n) is 1.33. The van der Waals surface area contributed by atoms with Gasteiger partial charge in [-0.05, 0) is 11.2 Å². The van der Waals surface area contributed by atoms with Gasteiger partial charge in [-0.3, -0.25) is 0 Å². The normalized spacial score (nSPS) is 13.1. The highest BCUT2D eigenvalue weighted by molar-refractivity contribution is 7.17. The van der Waals surface area contributed by atoms with Gasteiger partial charge in [-0.25, -0.2) is 0 Å². The van der Waals surface area contributed by atoms with Gasteiger partial charge in [0.05, 0.1) is 0 Å². The van der Waals surface area contributed by atoms with Gasteiger partial charge in [0.1, 0.15) is 0 Å². The average Bonchev–Trinajstić information content (AvgIpc) is 1.90. The predicted octanol–water partition coefficient (Wildman–Crippen LogP) is 2.62. The van der Waals surface area contributed by atoms with Crippen LogP contribution in [0.2, 0.25) is 0 Å². The van der Waals surface area contributed by atoms with Gasteiger partial charge in [0.15, 0.2) is 0 Å². The highest BCUT2D eigenvalue weighted by Crippen LogP contribution is 2.20. The Hall–Kier alpha value is -0.350. The topological polar surface area (TPSA) is 0 Å². The Morgan fingerprint density at radius 3 is 2.11 bits per heavy atom. The zero-order valence-electron chi connectivity index (χ0n) is 5.54. The van der Waals surface area contributed by atoms with Gasteiger partial charge in [-0.15, -0.1) is 9.24 Å². The number of hydrogen-bond donors (Lipinski definition) is 0. The molecule has 1 rings (SSSR count). The smallest absolute Gasteiger partial charge is 0.00428 e. The molecule has 0 bridgehead atoms. The largest absolute Gasteiger partial charge is 0.130 e. The summed E-state index contributed by atoms with van der Waals surface area (Å²) in [5.41, 5.74) is 1.95. The van der Waals surface area contributed by atoms with Crippen LogP contribution in [0.3, 0.4) is 0 Å². The van der Waals surface area contributed by atoms with E-state index in [1.165, 1.54) is 5.56 Å². The van der Waals surface area contributed by atoms with Crippen LogP contribution in [0.5, 0.6) is 0 Å². The lowest BCUT2D eigenvalue weighted by molar-refractivity contribution is 1.10. The van der Waals surface area contributed by atoms with Crippen LogP contribution in [0.15, 0.2) is 30.3 Å². The Balaban J connectivity index is 2.85. The van der Waals surface area contributed by atoms with E-state index in [2.05, 4.69) is 40.4 Å². The van der Waals surface area contributed by atoms with Gasteiger partial charge in [-0.2, -0.15) is 0 Å². The molecule has 0 aliphatic heterocycles. The van der Waals surface area contributed by atoms with Crippen molar-refractivity contribution in [1.29, 1.82) is 0 Å². The highest BCUT2D eigenvalue weighted by Gasteiger charge is 1.93. The summed E-state index contributed by atoms with van der Waals surface area (Å²) in [6.07, 6.45) is 0. The standard InChI is InChI=1S/C8H11P/c1-7(9)8-5-3-2-4-6-8/h2-7H,9H2,1H3/t7-/m1/s1. The van der Waals surface area contributed by atoms with Gasteiger partial charge in [0, 0.05) is 0 Å².